The minimum Gasteiger partial charge on any atom is -0.350 e. The van der Waals surface area contributed by atoms with Gasteiger partial charge < -0.3 is 20.1 Å². The molecule has 0 aromatic carbocycles. The number of aryl methyl sites for hydroxylation is 1. The zero-order valence-corrected chi connectivity index (χ0v) is 11.6. The van der Waals surface area contributed by atoms with E-state index >= 15 is 0 Å². The first-order chi connectivity index (χ1) is 8.65. The van der Waals surface area contributed by atoms with E-state index in [4.69, 9.17) is 0 Å². The Labute approximate surface area is 109 Å². The second-order valence-electron chi connectivity index (χ2n) is 4.50. The molecule has 5 nitrogen and oxygen atoms in total. The van der Waals surface area contributed by atoms with Gasteiger partial charge in [0.15, 0.2) is 0 Å². The number of hydrogen-bond acceptors (Lipinski definition) is 2. The van der Waals surface area contributed by atoms with Crippen LogP contribution in [-0.2, 0) is 13.1 Å². The number of nitrogens with one attached hydrogen (secondary N) is 2. The van der Waals surface area contributed by atoms with Crippen LogP contribution in [0.25, 0.3) is 0 Å². The van der Waals surface area contributed by atoms with Gasteiger partial charge in [0.2, 0.25) is 0 Å². The molecule has 18 heavy (non-hydrogen) atoms. The van der Waals surface area contributed by atoms with Gasteiger partial charge in [0.05, 0.1) is 0 Å². The normalized spacial score (nSPS) is 10.4. The fourth-order valence-electron chi connectivity index (χ4n) is 1.70. The molecule has 1 rings (SSSR count). The number of carbonyl (C=O) groups is 1. The molecule has 0 saturated carbocycles. The quantitative estimate of drug-likeness (QED) is 0.718. The Morgan fingerprint density at radius 2 is 2.17 bits per heavy atom. The first kappa shape index (κ1) is 14.6. The molecule has 1 aromatic rings. The van der Waals surface area contributed by atoms with Gasteiger partial charge in [-0.15, -0.1) is 0 Å². The van der Waals surface area contributed by atoms with Crippen LogP contribution < -0.4 is 10.6 Å². The van der Waals surface area contributed by atoms with Crippen molar-refractivity contribution in [1.29, 1.82) is 0 Å². The summed E-state index contributed by atoms with van der Waals surface area (Å²) in [6.07, 6.45) is 3.24. The van der Waals surface area contributed by atoms with Crippen LogP contribution in [0.5, 0.6) is 0 Å². The van der Waals surface area contributed by atoms with Crippen molar-refractivity contribution in [2.24, 2.45) is 0 Å². The lowest BCUT2D eigenvalue weighted by Crippen LogP contribution is -2.38. The van der Waals surface area contributed by atoms with E-state index in [1.807, 2.05) is 0 Å². The van der Waals surface area contributed by atoms with Crippen molar-refractivity contribution in [3.63, 3.8) is 0 Å². The van der Waals surface area contributed by atoms with Gasteiger partial charge in [0.25, 0.3) is 0 Å². The average Bonchev–Trinajstić information content (AvgIpc) is 2.76. The first-order valence-electron chi connectivity index (χ1n) is 6.45. The number of aromatic nitrogens is 1. The van der Waals surface area contributed by atoms with Crippen molar-refractivity contribution < 1.29 is 4.79 Å². The fraction of sp³-hybridized carbons (Fsp3) is 0.615. The summed E-state index contributed by atoms with van der Waals surface area (Å²) in [5.74, 6) is 0. The molecule has 102 valence electrons. The molecule has 2 N–H and O–H groups in total. The molecule has 0 aliphatic carbocycles. The molecule has 0 radical (unpaired) electrons. The third-order valence-electron chi connectivity index (χ3n) is 2.68. The molecular formula is C13H24N4O. The maximum absolute atomic E-state index is 11.3. The molecule has 1 aromatic heterocycles. The van der Waals surface area contributed by atoms with Crippen molar-refractivity contribution >= 4 is 6.03 Å². The lowest BCUT2D eigenvalue weighted by Gasteiger charge is -2.12. The van der Waals surface area contributed by atoms with Gasteiger partial charge in [-0.2, -0.15) is 0 Å². The molecule has 0 fully saturated rings. The first-order valence-corrected chi connectivity index (χ1v) is 6.45. The van der Waals surface area contributed by atoms with Crippen molar-refractivity contribution in [2.75, 3.05) is 27.2 Å². The highest BCUT2D eigenvalue weighted by Gasteiger charge is 2.01. The zero-order valence-electron chi connectivity index (χ0n) is 11.6. The van der Waals surface area contributed by atoms with Crippen LogP contribution in [0, 0.1) is 0 Å². The summed E-state index contributed by atoms with van der Waals surface area (Å²) in [5, 5.41) is 6.15. The number of nitrogens with zero attached hydrogens (tertiary/aromatic N) is 2. The Kier molecular flexibility index (Phi) is 6.28. The third-order valence-corrected chi connectivity index (χ3v) is 2.68. The summed E-state index contributed by atoms with van der Waals surface area (Å²) >= 11 is 0. The summed E-state index contributed by atoms with van der Waals surface area (Å²) in [6.45, 7) is 5.49. The van der Waals surface area contributed by atoms with Crippen LogP contribution in [0.1, 0.15) is 19.0 Å². The van der Waals surface area contributed by atoms with E-state index in [0.717, 1.165) is 26.1 Å². The molecule has 0 aliphatic heterocycles. The summed E-state index contributed by atoms with van der Waals surface area (Å²) in [7, 11) is 3.47. The maximum Gasteiger partial charge on any atom is 0.316 e. The number of carbonyl (C=O) groups excluding carboxylic acids is 1. The monoisotopic (exact) mass is 252 g/mol. The van der Waals surface area contributed by atoms with E-state index in [2.05, 4.69) is 40.5 Å². The lowest BCUT2D eigenvalue weighted by atomic mass is 10.4. The molecule has 0 aliphatic rings. The summed E-state index contributed by atoms with van der Waals surface area (Å²) in [5.41, 5.74) is 1.29. The van der Waals surface area contributed by atoms with Crippen molar-refractivity contribution in [3.8, 4) is 0 Å². The van der Waals surface area contributed by atoms with E-state index in [-0.39, 0.29) is 6.03 Å². The minimum atomic E-state index is -0.0499. The second-order valence-corrected chi connectivity index (χ2v) is 4.50. The smallest absolute Gasteiger partial charge is 0.316 e. The van der Waals surface area contributed by atoms with Crippen molar-refractivity contribution in [1.82, 2.24) is 20.1 Å². The summed E-state index contributed by atoms with van der Waals surface area (Å²) < 4.78 is 2.26. The topological polar surface area (TPSA) is 49.3 Å². The van der Waals surface area contributed by atoms with Crippen LogP contribution in [-0.4, -0.2) is 42.7 Å². The molecule has 0 bridgehead atoms. The SMILES string of the molecule is CCCn1cccc1CNCCNC(=O)N(C)C. The highest BCUT2D eigenvalue weighted by Crippen LogP contribution is 2.02. The standard InChI is InChI=1S/C13H24N4O/c1-4-9-17-10-5-6-12(17)11-14-7-8-15-13(18)16(2)3/h5-6,10,14H,4,7-9,11H2,1-3H3,(H,15,18). The van der Waals surface area contributed by atoms with Gasteiger partial charge in [-0.05, 0) is 18.6 Å². The van der Waals surface area contributed by atoms with Crippen molar-refractivity contribution in [3.05, 3.63) is 24.0 Å². The van der Waals surface area contributed by atoms with Gasteiger partial charge in [0.1, 0.15) is 0 Å². The van der Waals surface area contributed by atoms with E-state index in [1.54, 1.807) is 14.1 Å². The van der Waals surface area contributed by atoms with Crippen molar-refractivity contribution in [2.45, 2.75) is 26.4 Å². The molecule has 0 spiro atoms. The van der Waals surface area contributed by atoms with E-state index in [9.17, 15) is 4.79 Å². The largest absolute Gasteiger partial charge is 0.350 e. The highest BCUT2D eigenvalue weighted by molar-refractivity contribution is 5.73. The highest BCUT2D eigenvalue weighted by atomic mass is 16.2. The Morgan fingerprint density at radius 1 is 1.39 bits per heavy atom. The van der Waals surface area contributed by atoms with Gasteiger partial charge >= 0.3 is 6.03 Å². The van der Waals surface area contributed by atoms with Gasteiger partial charge in [-0.3, -0.25) is 0 Å². The molecule has 5 heteroatoms. The Balaban J connectivity index is 2.17. The molecule has 2 amide bonds. The maximum atomic E-state index is 11.3. The Morgan fingerprint density at radius 3 is 2.83 bits per heavy atom. The van der Waals surface area contributed by atoms with Crippen LogP contribution in [0.4, 0.5) is 4.79 Å². The second kappa shape index (κ2) is 7.76. The van der Waals surface area contributed by atoms with Gasteiger partial charge in [-0.25, -0.2) is 4.79 Å². The van der Waals surface area contributed by atoms with E-state index in [1.165, 1.54) is 10.6 Å². The van der Waals surface area contributed by atoms with Crippen LogP contribution in [0.15, 0.2) is 18.3 Å². The Hall–Kier alpha value is -1.49. The minimum absolute atomic E-state index is 0.0499. The zero-order chi connectivity index (χ0) is 13.4. The predicted octanol–water partition coefficient (Wildman–Crippen LogP) is 1.26. The molecule has 0 unspecified atom stereocenters. The number of amides is 2. The number of urea groups is 1. The molecule has 0 atom stereocenters. The molecule has 1 heterocycles. The van der Waals surface area contributed by atoms with Crippen LogP contribution in [0.3, 0.4) is 0 Å². The van der Waals surface area contributed by atoms with Gasteiger partial charge in [-0.1, -0.05) is 6.92 Å². The number of rotatable bonds is 7. The third kappa shape index (κ3) is 4.79. The van der Waals surface area contributed by atoms with Gasteiger partial charge in [0, 0.05) is 52.2 Å². The Bertz CT molecular complexity index is 360. The number of hydrogen-bond donors (Lipinski definition) is 2. The average molecular weight is 252 g/mol. The summed E-state index contributed by atoms with van der Waals surface area (Å²) in [4.78, 5) is 12.8. The fourth-order valence-corrected chi connectivity index (χ4v) is 1.70. The van der Waals surface area contributed by atoms with E-state index in [0.29, 0.717) is 6.54 Å². The van der Waals surface area contributed by atoms with Crippen LogP contribution >= 0.6 is 0 Å². The van der Waals surface area contributed by atoms with Crippen LogP contribution in [0.2, 0.25) is 0 Å². The predicted molar refractivity (Wildman–Crippen MR) is 73.5 cm³/mol. The lowest BCUT2D eigenvalue weighted by molar-refractivity contribution is 0.217. The summed E-state index contributed by atoms with van der Waals surface area (Å²) in [6, 6.07) is 4.15. The van der Waals surface area contributed by atoms with E-state index < -0.39 is 0 Å². The molecular weight excluding hydrogens is 228 g/mol. The molecule has 0 saturated heterocycles.